The maximum Gasteiger partial charge on any atom is 0.393 e. The van der Waals surface area contributed by atoms with Crippen LogP contribution in [0.1, 0.15) is 41.5 Å². The van der Waals surface area contributed by atoms with Gasteiger partial charge >= 0.3 is 6.18 Å². The Kier molecular flexibility index (Phi) is 9.73. The fourth-order valence-corrected chi connectivity index (χ4v) is 8.61. The molecule has 1 N–H and O–H groups in total. The number of hydrogen-bond acceptors (Lipinski definition) is 8. The molecule has 0 bridgehead atoms. The van der Waals surface area contributed by atoms with Crippen LogP contribution in [0.3, 0.4) is 0 Å². The third-order valence-electron chi connectivity index (χ3n) is 9.44. The Bertz CT molecular complexity index is 1760. The maximum absolute atomic E-state index is 12.9. The van der Waals surface area contributed by atoms with Crippen LogP contribution in [0.2, 0.25) is 0 Å². The van der Waals surface area contributed by atoms with Crippen molar-refractivity contribution < 1.29 is 13.2 Å². The van der Waals surface area contributed by atoms with Crippen molar-refractivity contribution in [2.75, 3.05) is 50.8 Å². The van der Waals surface area contributed by atoms with E-state index < -0.39 is 12.6 Å². The number of piperazine rings is 1. The number of nitrogens with one attached hydrogen (secondary N) is 1. The number of anilines is 1. The van der Waals surface area contributed by atoms with Crippen LogP contribution in [0.15, 0.2) is 30.6 Å². The second kappa shape index (κ2) is 13.6. The number of rotatable bonds is 9. The summed E-state index contributed by atoms with van der Waals surface area (Å²) in [6.07, 6.45) is 0.203. The first kappa shape index (κ1) is 32.9. The minimum atomic E-state index is -4.25. The zero-order chi connectivity index (χ0) is 32.6. The first-order valence-corrected chi connectivity index (χ1v) is 18.3. The number of hydrogen-bond donors (Lipinski definition) is 1. The molecule has 13 heteroatoms. The minimum Gasteiger partial charge on any atom is -0.367 e. The summed E-state index contributed by atoms with van der Waals surface area (Å²) in [7, 11) is 0.0579. The van der Waals surface area contributed by atoms with Gasteiger partial charge in [0.1, 0.15) is 28.7 Å². The topological polar surface area (TPSA) is 76.2 Å². The summed E-state index contributed by atoms with van der Waals surface area (Å²) < 4.78 is 43.5. The van der Waals surface area contributed by atoms with Crippen LogP contribution in [-0.4, -0.2) is 98.3 Å². The van der Waals surface area contributed by atoms with Gasteiger partial charge in [-0.05, 0) is 62.3 Å². The molecule has 2 aliphatic heterocycles. The zero-order valence-electron chi connectivity index (χ0n) is 26.6. The number of halogens is 3. The van der Waals surface area contributed by atoms with E-state index in [1.54, 1.807) is 6.07 Å². The highest BCUT2D eigenvalue weighted by Crippen LogP contribution is 2.34. The molecular formula is C33H41F3N8S2. The fourth-order valence-electron chi connectivity index (χ4n) is 6.79. The van der Waals surface area contributed by atoms with Crippen LogP contribution in [0, 0.1) is 18.3 Å². The van der Waals surface area contributed by atoms with Crippen LogP contribution in [-0.2, 0) is 19.5 Å². The zero-order valence-corrected chi connectivity index (χ0v) is 28.2. The Morgan fingerprint density at radius 3 is 2.52 bits per heavy atom. The number of aryl methyl sites for hydroxylation is 1. The van der Waals surface area contributed by atoms with Crippen LogP contribution in [0.4, 0.5) is 19.0 Å². The van der Waals surface area contributed by atoms with Crippen molar-refractivity contribution in [3.05, 3.63) is 52.3 Å². The third-order valence-corrected chi connectivity index (χ3v) is 11.7. The van der Waals surface area contributed by atoms with Crippen molar-refractivity contribution in [1.29, 1.82) is 5.26 Å². The lowest BCUT2D eigenvalue weighted by Crippen LogP contribution is -2.48. The van der Waals surface area contributed by atoms with E-state index >= 15 is 0 Å². The number of thiophene rings is 1. The quantitative estimate of drug-likeness (QED) is 0.211. The number of likely N-dealkylation sites (tertiary alicyclic amines) is 1. The molecule has 2 unspecified atom stereocenters. The number of benzene rings is 1. The molecule has 3 aromatic heterocycles. The van der Waals surface area contributed by atoms with Crippen LogP contribution >= 0.6 is 22.0 Å². The number of fused-ring (bicyclic) bond motifs is 2. The van der Waals surface area contributed by atoms with Gasteiger partial charge in [0, 0.05) is 80.2 Å². The second-order valence-corrected chi connectivity index (χ2v) is 15.4. The molecule has 2 saturated heterocycles. The van der Waals surface area contributed by atoms with E-state index in [0.29, 0.717) is 27.8 Å². The number of piperidine rings is 1. The Morgan fingerprint density at radius 2 is 1.85 bits per heavy atom. The van der Waals surface area contributed by atoms with Crippen molar-refractivity contribution in [3.8, 4) is 6.07 Å². The Balaban J connectivity index is 1.08. The van der Waals surface area contributed by atoms with Gasteiger partial charge < -0.3 is 9.88 Å². The molecule has 0 saturated carbocycles. The van der Waals surface area contributed by atoms with E-state index in [4.69, 9.17) is 0 Å². The molecule has 0 aliphatic carbocycles. The van der Waals surface area contributed by atoms with Gasteiger partial charge in [0.05, 0.1) is 11.8 Å². The lowest BCUT2D eigenvalue weighted by Gasteiger charge is -2.38. The normalized spacial score (nSPS) is 19.1. The Morgan fingerprint density at radius 1 is 1.11 bits per heavy atom. The molecule has 6 rings (SSSR count). The molecule has 0 amide bonds. The van der Waals surface area contributed by atoms with E-state index in [-0.39, 0.29) is 21.6 Å². The van der Waals surface area contributed by atoms with E-state index in [9.17, 15) is 18.4 Å². The second-order valence-electron chi connectivity index (χ2n) is 12.6. The van der Waals surface area contributed by atoms with E-state index in [2.05, 4.69) is 78.1 Å². The molecule has 1 aromatic carbocycles. The van der Waals surface area contributed by atoms with Gasteiger partial charge in [-0.2, -0.15) is 18.4 Å². The number of nitrogens with zero attached hydrogens (tertiary/aromatic N) is 7. The van der Waals surface area contributed by atoms with Gasteiger partial charge in [-0.1, -0.05) is 11.9 Å². The summed E-state index contributed by atoms with van der Waals surface area (Å²) >= 11 is 1.07. The van der Waals surface area contributed by atoms with Gasteiger partial charge in [-0.3, -0.25) is 14.1 Å². The number of nitriles is 1. The fraction of sp³-hybridized carbons (Fsp3) is 0.515. The van der Waals surface area contributed by atoms with Crippen molar-refractivity contribution >= 4 is 54.8 Å². The first-order chi connectivity index (χ1) is 22.0. The monoisotopic (exact) mass is 670 g/mol. The average molecular weight is 671 g/mol. The highest BCUT2D eigenvalue weighted by Gasteiger charge is 2.29. The summed E-state index contributed by atoms with van der Waals surface area (Å²) in [4.78, 5) is 14.4. The molecule has 2 atom stereocenters. The Hall–Kier alpha value is -3.02. The van der Waals surface area contributed by atoms with Gasteiger partial charge in [0.15, 0.2) is 0 Å². The SMILES string of the molecule is C=S(C)N1CCN(C(C)Cn2c(C#N)cc3c(C)c(CN4CCC(Nc5ncnc6sc(CC(F)(F)F)cc56)CC4)ccc32)CC1. The summed E-state index contributed by atoms with van der Waals surface area (Å²) in [5.74, 6) is 4.81. The summed E-state index contributed by atoms with van der Waals surface area (Å²) in [6.45, 7) is 11.9. The summed E-state index contributed by atoms with van der Waals surface area (Å²) in [6, 6.07) is 11.0. The molecule has 2 aliphatic rings. The smallest absolute Gasteiger partial charge is 0.367 e. The molecule has 5 heterocycles. The molecular weight excluding hydrogens is 630 g/mol. The molecule has 0 spiro atoms. The van der Waals surface area contributed by atoms with E-state index in [0.717, 1.165) is 87.4 Å². The third kappa shape index (κ3) is 7.26. The van der Waals surface area contributed by atoms with Crippen LogP contribution in [0.5, 0.6) is 0 Å². The van der Waals surface area contributed by atoms with Gasteiger partial charge in [-0.25, -0.2) is 9.97 Å². The lowest BCUT2D eigenvalue weighted by molar-refractivity contribution is -0.126. The van der Waals surface area contributed by atoms with E-state index in [1.807, 2.05) is 6.07 Å². The van der Waals surface area contributed by atoms with Crippen molar-refractivity contribution in [2.45, 2.75) is 64.5 Å². The number of aromatic nitrogens is 3. The van der Waals surface area contributed by atoms with Crippen molar-refractivity contribution in [1.82, 2.24) is 28.6 Å². The van der Waals surface area contributed by atoms with Gasteiger partial charge in [0.2, 0.25) is 0 Å². The maximum atomic E-state index is 12.9. The van der Waals surface area contributed by atoms with E-state index in [1.165, 1.54) is 17.5 Å². The minimum absolute atomic E-state index is 0.0579. The Labute approximate surface area is 274 Å². The highest BCUT2D eigenvalue weighted by atomic mass is 32.2. The van der Waals surface area contributed by atoms with Crippen LogP contribution in [0.25, 0.3) is 21.1 Å². The average Bonchev–Trinajstić information content (AvgIpc) is 3.60. The number of alkyl halides is 3. The van der Waals surface area contributed by atoms with Crippen molar-refractivity contribution in [2.24, 2.45) is 0 Å². The summed E-state index contributed by atoms with van der Waals surface area (Å²) in [5.41, 5.74) is 4.30. The largest absolute Gasteiger partial charge is 0.393 e. The first-order valence-electron chi connectivity index (χ1n) is 15.7. The molecule has 46 heavy (non-hydrogen) atoms. The molecule has 0 radical (unpaired) electrons. The summed E-state index contributed by atoms with van der Waals surface area (Å²) in [5, 5.41) is 15.3. The van der Waals surface area contributed by atoms with Gasteiger partial charge in [-0.15, -0.1) is 22.0 Å². The highest BCUT2D eigenvalue weighted by molar-refractivity contribution is 8.11. The predicted octanol–water partition coefficient (Wildman–Crippen LogP) is 6.26. The van der Waals surface area contributed by atoms with Crippen LogP contribution < -0.4 is 5.32 Å². The molecule has 4 aromatic rings. The molecule has 246 valence electrons. The predicted molar refractivity (Wildman–Crippen MR) is 184 cm³/mol. The molecule has 2 fully saturated rings. The molecule has 8 nitrogen and oxygen atoms in total. The van der Waals surface area contributed by atoms with Crippen molar-refractivity contribution in [3.63, 3.8) is 0 Å². The lowest BCUT2D eigenvalue weighted by atomic mass is 10.0. The van der Waals surface area contributed by atoms with Gasteiger partial charge in [0.25, 0.3) is 0 Å². The standard InChI is InChI=1S/C33H41F3N8S2/c1-22(42-11-13-43(14-12-42)46(3)4)19-44-26(18-37)15-28-23(2)24(5-6-30(28)44)20-41-9-7-25(8-10-41)40-31-29-16-27(17-33(34,35)36)45-32(29)39-21-38-31/h5-6,15-16,21-22,25H,3,7-14,17,19-20H2,1-2,4H3,(H,38,39,40).